The monoisotopic (exact) mass is 558 g/mol. The molecule has 2 aromatic rings. The summed E-state index contributed by atoms with van der Waals surface area (Å²) < 4.78 is 22.7. The lowest BCUT2D eigenvalue weighted by molar-refractivity contribution is -0.0816. The second-order valence-corrected chi connectivity index (χ2v) is 8.07. The van der Waals surface area contributed by atoms with Crippen molar-refractivity contribution < 1.29 is 18.9 Å². The summed E-state index contributed by atoms with van der Waals surface area (Å²) in [4.78, 5) is 10.3. The summed E-state index contributed by atoms with van der Waals surface area (Å²) in [6, 6.07) is 6.08. The van der Waals surface area contributed by atoms with Gasteiger partial charge in [-0.2, -0.15) is 0 Å². The molecule has 3 heterocycles. The molecule has 2 atom stereocenters. The van der Waals surface area contributed by atoms with Gasteiger partial charge in [-0.25, -0.2) is 0 Å². The predicted octanol–water partition coefficient (Wildman–Crippen LogP) is 3.19. The number of nitrogens with zero attached hydrogens (tertiary/aromatic N) is 2. The molecule has 1 aromatic heterocycles. The van der Waals surface area contributed by atoms with Crippen LogP contribution in [0.5, 0.6) is 11.5 Å². The molecule has 2 aliphatic rings. The minimum atomic E-state index is 0. The Hall–Kier alpha value is -1.72. The number of aryl methyl sites for hydroxylation is 1. The van der Waals surface area contributed by atoms with Crippen LogP contribution in [0.1, 0.15) is 25.0 Å². The Balaban J connectivity index is 0.00000289. The molecule has 0 amide bonds. The summed E-state index contributed by atoms with van der Waals surface area (Å²) >= 11 is 0. The molecule has 2 unspecified atom stereocenters. The van der Waals surface area contributed by atoms with Gasteiger partial charge in [0.1, 0.15) is 17.6 Å². The van der Waals surface area contributed by atoms with Gasteiger partial charge in [0, 0.05) is 56.5 Å². The van der Waals surface area contributed by atoms with Gasteiger partial charge in [0.25, 0.3) is 0 Å². The quantitative estimate of drug-likeness (QED) is 0.235. The van der Waals surface area contributed by atoms with Crippen LogP contribution in [0.2, 0.25) is 0 Å². The molecule has 0 spiro atoms. The largest absolute Gasteiger partial charge is 0.497 e. The molecule has 0 bridgehead atoms. The molecule has 9 heteroatoms. The Morgan fingerprint density at radius 1 is 1.19 bits per heavy atom. The number of hydrogen-bond acceptors (Lipinski definition) is 5. The zero-order valence-corrected chi connectivity index (χ0v) is 21.5. The van der Waals surface area contributed by atoms with Crippen LogP contribution in [0.3, 0.4) is 0 Å². The van der Waals surface area contributed by atoms with Crippen molar-refractivity contribution >= 4 is 40.8 Å². The number of rotatable bonds is 7. The number of benzene rings is 1. The van der Waals surface area contributed by atoms with E-state index in [2.05, 4.69) is 26.3 Å². The van der Waals surface area contributed by atoms with Gasteiger partial charge in [-0.3, -0.25) is 4.99 Å². The van der Waals surface area contributed by atoms with Crippen molar-refractivity contribution in [2.24, 2.45) is 4.99 Å². The molecule has 32 heavy (non-hydrogen) atoms. The highest BCUT2D eigenvalue weighted by Crippen LogP contribution is 2.31. The second kappa shape index (κ2) is 11.9. The molecule has 2 aliphatic heterocycles. The number of H-pyrrole nitrogens is 1. The van der Waals surface area contributed by atoms with Gasteiger partial charge < -0.3 is 34.1 Å². The highest BCUT2D eigenvalue weighted by molar-refractivity contribution is 14.0. The number of nitrogens with one attached hydrogen (secondary N) is 2. The molecule has 8 nitrogen and oxygen atoms in total. The van der Waals surface area contributed by atoms with Crippen LogP contribution in [0.25, 0.3) is 10.9 Å². The summed E-state index contributed by atoms with van der Waals surface area (Å²) in [6.45, 7) is 4.10. The van der Waals surface area contributed by atoms with E-state index in [9.17, 15) is 0 Å². The van der Waals surface area contributed by atoms with E-state index >= 15 is 0 Å². The molecular weight excluding hydrogens is 523 g/mol. The van der Waals surface area contributed by atoms with E-state index < -0.39 is 0 Å². The Bertz CT molecular complexity index is 897. The van der Waals surface area contributed by atoms with E-state index in [4.69, 9.17) is 18.9 Å². The van der Waals surface area contributed by atoms with Crippen molar-refractivity contribution in [1.29, 1.82) is 0 Å². The van der Waals surface area contributed by atoms with Crippen LogP contribution >= 0.6 is 24.0 Å². The van der Waals surface area contributed by atoms with Gasteiger partial charge in [0.2, 0.25) is 0 Å². The molecule has 0 aliphatic carbocycles. The van der Waals surface area contributed by atoms with Crippen LogP contribution in [0, 0.1) is 0 Å². The maximum absolute atomic E-state index is 5.96. The van der Waals surface area contributed by atoms with Crippen molar-refractivity contribution in [2.45, 2.75) is 37.9 Å². The Labute approximate surface area is 207 Å². The molecule has 2 saturated heterocycles. The third-order valence-electron chi connectivity index (χ3n) is 6.08. The van der Waals surface area contributed by atoms with Gasteiger partial charge >= 0.3 is 0 Å². The van der Waals surface area contributed by atoms with Crippen molar-refractivity contribution in [3.05, 3.63) is 23.9 Å². The first-order chi connectivity index (χ1) is 15.2. The number of guanidine groups is 1. The zero-order valence-electron chi connectivity index (χ0n) is 19.2. The van der Waals surface area contributed by atoms with E-state index in [-0.39, 0.29) is 36.2 Å². The number of aromatic nitrogens is 1. The molecule has 4 rings (SSSR count). The first-order valence-electron chi connectivity index (χ1n) is 11.1. The minimum Gasteiger partial charge on any atom is -0.497 e. The Morgan fingerprint density at radius 3 is 2.75 bits per heavy atom. The van der Waals surface area contributed by atoms with E-state index in [0.717, 1.165) is 80.3 Å². The van der Waals surface area contributed by atoms with Crippen molar-refractivity contribution in [1.82, 2.24) is 15.2 Å². The van der Waals surface area contributed by atoms with Crippen molar-refractivity contribution in [3.63, 3.8) is 0 Å². The molecule has 1 aromatic carbocycles. The number of fused-ring (bicyclic) bond motifs is 1. The SMILES string of the molecule is CN=C(NCCCc1cc2c(OC)cc(OC)cc2[nH]1)N1CCOC(C2CCCO2)C1.I. The van der Waals surface area contributed by atoms with Gasteiger partial charge in [0.15, 0.2) is 5.96 Å². The molecule has 0 saturated carbocycles. The molecule has 0 radical (unpaired) electrons. The lowest BCUT2D eigenvalue weighted by Crippen LogP contribution is -2.53. The second-order valence-electron chi connectivity index (χ2n) is 8.07. The Kier molecular flexibility index (Phi) is 9.30. The summed E-state index contributed by atoms with van der Waals surface area (Å²) in [7, 11) is 5.20. The third kappa shape index (κ3) is 5.79. The van der Waals surface area contributed by atoms with Crippen LogP contribution in [-0.4, -0.2) is 82.2 Å². The number of aliphatic imine (C=N–C) groups is 1. The number of morpholine rings is 1. The average Bonchev–Trinajstić information content (AvgIpc) is 3.48. The fourth-order valence-corrected chi connectivity index (χ4v) is 4.46. The maximum atomic E-state index is 5.96. The van der Waals surface area contributed by atoms with E-state index in [0.29, 0.717) is 6.61 Å². The topological polar surface area (TPSA) is 80.3 Å². The number of halogens is 1. The van der Waals surface area contributed by atoms with Gasteiger partial charge in [-0.15, -0.1) is 24.0 Å². The van der Waals surface area contributed by atoms with Crippen molar-refractivity contribution in [2.75, 3.05) is 54.1 Å². The van der Waals surface area contributed by atoms with E-state index in [1.54, 1.807) is 14.2 Å². The van der Waals surface area contributed by atoms with Crippen LogP contribution in [0.4, 0.5) is 0 Å². The van der Waals surface area contributed by atoms with Crippen molar-refractivity contribution in [3.8, 4) is 11.5 Å². The first-order valence-corrected chi connectivity index (χ1v) is 11.1. The van der Waals surface area contributed by atoms with Gasteiger partial charge in [0.05, 0.1) is 32.4 Å². The summed E-state index contributed by atoms with van der Waals surface area (Å²) in [5.74, 6) is 2.55. The summed E-state index contributed by atoms with van der Waals surface area (Å²) in [5.41, 5.74) is 2.21. The highest BCUT2D eigenvalue weighted by atomic mass is 127. The Morgan fingerprint density at radius 2 is 2.03 bits per heavy atom. The van der Waals surface area contributed by atoms with Crippen LogP contribution in [-0.2, 0) is 15.9 Å². The lowest BCUT2D eigenvalue weighted by atomic mass is 10.1. The van der Waals surface area contributed by atoms with Crippen LogP contribution in [0.15, 0.2) is 23.2 Å². The highest BCUT2D eigenvalue weighted by Gasteiger charge is 2.32. The number of aromatic amines is 1. The molecular formula is C23H35IN4O4. The fraction of sp³-hybridized carbons (Fsp3) is 0.609. The van der Waals surface area contributed by atoms with E-state index in [1.807, 2.05) is 19.2 Å². The number of methoxy groups -OCH3 is 2. The average molecular weight is 558 g/mol. The van der Waals surface area contributed by atoms with E-state index in [1.165, 1.54) is 5.69 Å². The summed E-state index contributed by atoms with van der Waals surface area (Å²) in [5, 5.41) is 4.60. The number of ether oxygens (including phenoxy) is 4. The summed E-state index contributed by atoms with van der Waals surface area (Å²) in [6.07, 6.45) is 4.50. The third-order valence-corrected chi connectivity index (χ3v) is 6.08. The molecule has 178 valence electrons. The maximum Gasteiger partial charge on any atom is 0.193 e. The van der Waals surface area contributed by atoms with Gasteiger partial charge in [-0.05, 0) is 31.7 Å². The minimum absolute atomic E-state index is 0. The van der Waals surface area contributed by atoms with Gasteiger partial charge in [-0.1, -0.05) is 0 Å². The fourth-order valence-electron chi connectivity index (χ4n) is 4.46. The lowest BCUT2D eigenvalue weighted by Gasteiger charge is -2.37. The first kappa shape index (κ1) is 24.9. The smallest absolute Gasteiger partial charge is 0.193 e. The normalized spacial score (nSPS) is 21.5. The number of hydrogen-bond donors (Lipinski definition) is 2. The predicted molar refractivity (Wildman–Crippen MR) is 137 cm³/mol. The standard InChI is InChI=1S/C23H34N4O4.HI/c1-24-23(27-9-11-31-22(15-27)20-7-5-10-30-20)25-8-4-6-16-12-18-19(26-16)13-17(28-2)14-21(18)29-3;/h12-14,20,22,26H,4-11,15H2,1-3H3,(H,24,25);1H. The molecule has 2 fully saturated rings. The molecule has 2 N–H and O–H groups in total. The zero-order chi connectivity index (χ0) is 21.6. The van der Waals surface area contributed by atoms with Crippen LogP contribution < -0.4 is 14.8 Å².